The Labute approximate surface area is 164 Å². The third-order valence-corrected chi connectivity index (χ3v) is 5.16. The predicted octanol–water partition coefficient (Wildman–Crippen LogP) is 4.69. The summed E-state index contributed by atoms with van der Waals surface area (Å²) in [5.41, 5.74) is 5.51. The fourth-order valence-corrected chi connectivity index (χ4v) is 3.41. The molecule has 0 aliphatic carbocycles. The minimum atomic E-state index is -0.105. The van der Waals surface area contributed by atoms with Crippen molar-refractivity contribution in [3.8, 4) is 23.5 Å². The van der Waals surface area contributed by atoms with E-state index in [0.717, 1.165) is 27.3 Å². The summed E-state index contributed by atoms with van der Waals surface area (Å²) in [6, 6.07) is 17.5. The summed E-state index contributed by atoms with van der Waals surface area (Å²) in [5, 5.41) is 2.94. The Hall–Kier alpha value is -3.03. The van der Waals surface area contributed by atoms with Crippen LogP contribution in [0.4, 0.5) is 0 Å². The van der Waals surface area contributed by atoms with E-state index in [4.69, 9.17) is 6.42 Å². The van der Waals surface area contributed by atoms with E-state index in [-0.39, 0.29) is 5.91 Å². The van der Waals surface area contributed by atoms with Gasteiger partial charge in [0.15, 0.2) is 0 Å². The Balaban J connectivity index is 1.73. The van der Waals surface area contributed by atoms with Crippen molar-refractivity contribution in [1.82, 2.24) is 10.3 Å². The number of nitrogens with zero attached hydrogens (tertiary/aromatic N) is 1. The molecule has 1 heterocycles. The van der Waals surface area contributed by atoms with Crippen LogP contribution in [0.2, 0.25) is 0 Å². The highest BCUT2D eigenvalue weighted by Crippen LogP contribution is 2.22. The standard InChI is InChI=1S/C23H20N2OS/c1-4-17-6-5-7-18(12-17)19-10-11-24-21(13-19)15-25-23(26)20-9-8-16(2)22(14-20)27-3/h1,5-14H,15H2,2-3H3,(H,25,26). The summed E-state index contributed by atoms with van der Waals surface area (Å²) in [7, 11) is 0. The Bertz CT molecular complexity index is 1020. The van der Waals surface area contributed by atoms with Crippen molar-refractivity contribution in [2.45, 2.75) is 18.4 Å². The lowest BCUT2D eigenvalue weighted by Gasteiger charge is -2.09. The zero-order valence-electron chi connectivity index (χ0n) is 15.3. The molecule has 1 amide bonds. The van der Waals surface area contributed by atoms with E-state index in [1.807, 2.05) is 67.8 Å². The molecule has 1 aromatic heterocycles. The van der Waals surface area contributed by atoms with E-state index in [9.17, 15) is 4.79 Å². The molecule has 0 aliphatic rings. The molecule has 3 aromatic rings. The van der Waals surface area contributed by atoms with E-state index in [0.29, 0.717) is 12.1 Å². The highest BCUT2D eigenvalue weighted by Gasteiger charge is 2.09. The summed E-state index contributed by atoms with van der Waals surface area (Å²) >= 11 is 1.64. The Morgan fingerprint density at radius 3 is 2.74 bits per heavy atom. The van der Waals surface area contributed by atoms with Gasteiger partial charge in [-0.25, -0.2) is 0 Å². The van der Waals surface area contributed by atoms with Gasteiger partial charge in [-0.3, -0.25) is 9.78 Å². The van der Waals surface area contributed by atoms with Crippen molar-refractivity contribution in [2.24, 2.45) is 0 Å². The average molecular weight is 372 g/mol. The van der Waals surface area contributed by atoms with Crippen LogP contribution in [0.3, 0.4) is 0 Å². The number of carbonyl (C=O) groups is 1. The maximum absolute atomic E-state index is 12.5. The molecule has 0 radical (unpaired) electrons. The van der Waals surface area contributed by atoms with Gasteiger partial charge in [0.25, 0.3) is 5.91 Å². The first-order valence-corrected chi connectivity index (χ1v) is 9.78. The second-order valence-corrected chi connectivity index (χ2v) is 6.98. The number of carbonyl (C=O) groups excluding carboxylic acids is 1. The first kappa shape index (κ1) is 18.8. The predicted molar refractivity (Wildman–Crippen MR) is 112 cm³/mol. The highest BCUT2D eigenvalue weighted by atomic mass is 32.2. The van der Waals surface area contributed by atoms with Gasteiger partial charge < -0.3 is 5.32 Å². The molecule has 0 atom stereocenters. The van der Waals surface area contributed by atoms with Crippen LogP contribution < -0.4 is 5.32 Å². The van der Waals surface area contributed by atoms with E-state index >= 15 is 0 Å². The van der Waals surface area contributed by atoms with E-state index in [1.54, 1.807) is 18.0 Å². The second-order valence-electron chi connectivity index (χ2n) is 6.13. The van der Waals surface area contributed by atoms with Crippen LogP contribution in [0.25, 0.3) is 11.1 Å². The summed E-state index contributed by atoms with van der Waals surface area (Å²) < 4.78 is 0. The largest absolute Gasteiger partial charge is 0.346 e. The number of pyridine rings is 1. The van der Waals surface area contributed by atoms with Crippen LogP contribution in [-0.4, -0.2) is 17.1 Å². The molecule has 3 nitrogen and oxygen atoms in total. The first-order chi connectivity index (χ1) is 13.1. The molecule has 2 aromatic carbocycles. The van der Waals surface area contributed by atoms with Crippen LogP contribution in [0.15, 0.2) is 65.7 Å². The lowest BCUT2D eigenvalue weighted by Crippen LogP contribution is -2.23. The Kier molecular flexibility index (Phi) is 5.95. The molecule has 134 valence electrons. The number of thioether (sulfide) groups is 1. The Morgan fingerprint density at radius 1 is 1.15 bits per heavy atom. The number of amides is 1. The number of terminal acetylenes is 1. The van der Waals surface area contributed by atoms with Crippen molar-refractivity contribution in [3.63, 3.8) is 0 Å². The van der Waals surface area contributed by atoms with Gasteiger partial charge in [-0.1, -0.05) is 24.1 Å². The van der Waals surface area contributed by atoms with Crippen molar-refractivity contribution < 1.29 is 4.79 Å². The Morgan fingerprint density at radius 2 is 1.96 bits per heavy atom. The molecule has 0 unspecified atom stereocenters. The fraction of sp³-hybridized carbons (Fsp3) is 0.130. The number of aromatic nitrogens is 1. The number of rotatable bonds is 5. The maximum atomic E-state index is 12.5. The van der Waals surface area contributed by atoms with Crippen molar-refractivity contribution in [2.75, 3.05) is 6.26 Å². The fourth-order valence-electron chi connectivity index (χ4n) is 2.78. The number of aryl methyl sites for hydroxylation is 1. The van der Waals surface area contributed by atoms with Gasteiger partial charge in [-0.2, -0.15) is 0 Å². The molecule has 0 fully saturated rings. The molecular formula is C23H20N2OS. The van der Waals surface area contributed by atoms with Crippen molar-refractivity contribution >= 4 is 17.7 Å². The first-order valence-electron chi connectivity index (χ1n) is 8.55. The molecule has 0 spiro atoms. The quantitative estimate of drug-likeness (QED) is 0.522. The second kappa shape index (κ2) is 8.57. The van der Waals surface area contributed by atoms with E-state index in [2.05, 4.69) is 16.2 Å². The topological polar surface area (TPSA) is 42.0 Å². The van der Waals surface area contributed by atoms with Gasteiger partial charge in [0.2, 0.25) is 0 Å². The molecular weight excluding hydrogens is 352 g/mol. The SMILES string of the molecule is C#Cc1cccc(-c2ccnc(CNC(=O)c3ccc(C)c(SC)c3)c2)c1. The smallest absolute Gasteiger partial charge is 0.251 e. The molecule has 3 rings (SSSR count). The molecule has 0 aliphatic heterocycles. The van der Waals surface area contributed by atoms with Crippen molar-refractivity contribution in [1.29, 1.82) is 0 Å². The maximum Gasteiger partial charge on any atom is 0.251 e. The van der Waals surface area contributed by atoms with Gasteiger partial charge in [-0.15, -0.1) is 18.2 Å². The zero-order chi connectivity index (χ0) is 19.2. The van der Waals surface area contributed by atoms with E-state index < -0.39 is 0 Å². The van der Waals surface area contributed by atoms with Crippen LogP contribution in [0.1, 0.15) is 27.2 Å². The van der Waals surface area contributed by atoms with Gasteiger partial charge in [-0.05, 0) is 66.3 Å². The number of nitrogens with one attached hydrogen (secondary N) is 1. The monoisotopic (exact) mass is 372 g/mol. The van der Waals surface area contributed by atoms with Gasteiger partial charge in [0.1, 0.15) is 0 Å². The molecule has 0 bridgehead atoms. The van der Waals surface area contributed by atoms with Gasteiger partial charge in [0.05, 0.1) is 12.2 Å². The van der Waals surface area contributed by atoms with Gasteiger partial charge in [0, 0.05) is 22.2 Å². The lowest BCUT2D eigenvalue weighted by atomic mass is 10.0. The highest BCUT2D eigenvalue weighted by molar-refractivity contribution is 7.98. The van der Waals surface area contributed by atoms with Crippen molar-refractivity contribution in [3.05, 3.63) is 83.2 Å². The molecule has 1 N–H and O–H groups in total. The van der Waals surface area contributed by atoms with Crippen LogP contribution in [0, 0.1) is 19.3 Å². The van der Waals surface area contributed by atoms with Gasteiger partial charge >= 0.3 is 0 Å². The average Bonchev–Trinajstić information content (AvgIpc) is 2.72. The minimum Gasteiger partial charge on any atom is -0.346 e. The van der Waals surface area contributed by atoms with Crippen LogP contribution >= 0.6 is 11.8 Å². The molecule has 0 saturated heterocycles. The normalized spacial score (nSPS) is 10.3. The summed E-state index contributed by atoms with van der Waals surface area (Å²) in [6.45, 7) is 2.40. The number of hydrogen-bond acceptors (Lipinski definition) is 3. The summed E-state index contributed by atoms with van der Waals surface area (Å²) in [6.07, 6.45) is 9.24. The summed E-state index contributed by atoms with van der Waals surface area (Å²) in [5.74, 6) is 2.54. The minimum absolute atomic E-state index is 0.105. The van der Waals surface area contributed by atoms with Crippen LogP contribution in [-0.2, 0) is 6.54 Å². The lowest BCUT2D eigenvalue weighted by molar-refractivity contribution is 0.0950. The third-order valence-electron chi connectivity index (χ3n) is 4.28. The molecule has 27 heavy (non-hydrogen) atoms. The number of benzene rings is 2. The summed E-state index contributed by atoms with van der Waals surface area (Å²) in [4.78, 5) is 17.9. The number of hydrogen-bond donors (Lipinski definition) is 1. The van der Waals surface area contributed by atoms with E-state index in [1.165, 1.54) is 5.56 Å². The zero-order valence-corrected chi connectivity index (χ0v) is 16.1. The molecule has 0 saturated carbocycles. The van der Waals surface area contributed by atoms with Crippen LogP contribution in [0.5, 0.6) is 0 Å². The molecule has 4 heteroatoms. The third kappa shape index (κ3) is 4.58.